The molecule has 0 spiro atoms. The Morgan fingerprint density at radius 1 is 1.40 bits per heavy atom. The van der Waals surface area contributed by atoms with Crippen molar-refractivity contribution in [1.82, 2.24) is 5.01 Å². The fourth-order valence-electron chi connectivity index (χ4n) is 1.84. The van der Waals surface area contributed by atoms with Gasteiger partial charge in [0.2, 0.25) is 0 Å². The molecule has 0 radical (unpaired) electrons. The molecule has 1 aliphatic heterocycles. The van der Waals surface area contributed by atoms with E-state index in [-0.39, 0.29) is 0 Å². The van der Waals surface area contributed by atoms with Gasteiger partial charge in [-0.05, 0) is 29.7 Å². The standard InChI is InChI=1S/C13H16N2/c1-2-3-4-11-5-6-13-10-15(14)8-7-12(13)9-11/h5-6,9H,2,7-8,10,14H2,1H3. The Kier molecular flexibility index (Phi) is 3.05. The van der Waals surface area contributed by atoms with Crippen LogP contribution in [0, 0.1) is 11.8 Å². The first-order chi connectivity index (χ1) is 7.29. The van der Waals surface area contributed by atoms with Crippen molar-refractivity contribution in [1.29, 1.82) is 0 Å². The molecule has 0 fully saturated rings. The van der Waals surface area contributed by atoms with Crippen molar-refractivity contribution < 1.29 is 0 Å². The molecule has 1 aromatic rings. The van der Waals surface area contributed by atoms with E-state index in [4.69, 9.17) is 5.84 Å². The minimum absolute atomic E-state index is 0.858. The first-order valence-corrected chi connectivity index (χ1v) is 5.40. The van der Waals surface area contributed by atoms with Crippen LogP contribution in [0.3, 0.4) is 0 Å². The van der Waals surface area contributed by atoms with Gasteiger partial charge in [0.25, 0.3) is 0 Å². The zero-order valence-corrected chi connectivity index (χ0v) is 9.09. The molecule has 0 saturated heterocycles. The molecule has 1 aliphatic rings. The van der Waals surface area contributed by atoms with Crippen molar-refractivity contribution in [3.8, 4) is 11.8 Å². The van der Waals surface area contributed by atoms with Crippen molar-refractivity contribution in [3.63, 3.8) is 0 Å². The third-order valence-electron chi connectivity index (χ3n) is 2.66. The normalized spacial score (nSPS) is 15.3. The van der Waals surface area contributed by atoms with E-state index in [1.807, 2.05) is 5.01 Å². The molecular formula is C13H16N2. The van der Waals surface area contributed by atoms with Gasteiger partial charge in [-0.25, -0.2) is 5.01 Å². The minimum Gasteiger partial charge on any atom is -0.268 e. The Morgan fingerprint density at radius 3 is 3.07 bits per heavy atom. The van der Waals surface area contributed by atoms with Crippen LogP contribution in [0.25, 0.3) is 0 Å². The number of fused-ring (bicyclic) bond motifs is 1. The molecular weight excluding hydrogens is 184 g/mol. The van der Waals surface area contributed by atoms with E-state index < -0.39 is 0 Å². The summed E-state index contributed by atoms with van der Waals surface area (Å²) in [5, 5.41) is 1.86. The Balaban J connectivity index is 2.26. The Labute approximate surface area is 91.0 Å². The average molecular weight is 200 g/mol. The fourth-order valence-corrected chi connectivity index (χ4v) is 1.84. The maximum absolute atomic E-state index is 5.77. The third-order valence-corrected chi connectivity index (χ3v) is 2.66. The predicted octanol–water partition coefficient (Wildman–Crippen LogP) is 1.68. The van der Waals surface area contributed by atoms with Gasteiger partial charge in [-0.15, -0.1) is 0 Å². The van der Waals surface area contributed by atoms with Crippen molar-refractivity contribution in [2.24, 2.45) is 5.84 Å². The minimum atomic E-state index is 0.858. The molecule has 0 aliphatic carbocycles. The van der Waals surface area contributed by atoms with Gasteiger partial charge in [0.05, 0.1) is 0 Å². The molecule has 0 unspecified atom stereocenters. The summed E-state index contributed by atoms with van der Waals surface area (Å²) in [5.74, 6) is 12.0. The van der Waals surface area contributed by atoms with Crippen molar-refractivity contribution in [2.75, 3.05) is 6.54 Å². The number of nitrogens with zero attached hydrogens (tertiary/aromatic N) is 1. The first-order valence-electron chi connectivity index (χ1n) is 5.40. The summed E-state index contributed by atoms with van der Waals surface area (Å²) < 4.78 is 0. The average Bonchev–Trinajstić information content (AvgIpc) is 2.26. The molecule has 2 nitrogen and oxygen atoms in total. The van der Waals surface area contributed by atoms with Crippen LogP contribution < -0.4 is 5.84 Å². The molecule has 78 valence electrons. The van der Waals surface area contributed by atoms with E-state index in [1.165, 1.54) is 11.1 Å². The van der Waals surface area contributed by atoms with E-state index in [0.717, 1.165) is 31.5 Å². The van der Waals surface area contributed by atoms with Gasteiger partial charge in [0, 0.05) is 25.1 Å². The van der Waals surface area contributed by atoms with Gasteiger partial charge in [0.15, 0.2) is 0 Å². The Morgan fingerprint density at radius 2 is 2.27 bits per heavy atom. The molecule has 15 heavy (non-hydrogen) atoms. The van der Waals surface area contributed by atoms with Gasteiger partial charge < -0.3 is 0 Å². The van der Waals surface area contributed by atoms with E-state index in [0.29, 0.717) is 0 Å². The number of nitrogens with two attached hydrogens (primary N) is 1. The number of hydrogen-bond donors (Lipinski definition) is 1. The van der Waals surface area contributed by atoms with Gasteiger partial charge in [0.1, 0.15) is 0 Å². The Hall–Kier alpha value is -1.30. The lowest BCUT2D eigenvalue weighted by Gasteiger charge is -2.24. The lowest BCUT2D eigenvalue weighted by atomic mass is 9.98. The Bertz CT molecular complexity index is 412. The summed E-state index contributed by atoms with van der Waals surface area (Å²) in [6.07, 6.45) is 1.95. The van der Waals surface area contributed by atoms with E-state index >= 15 is 0 Å². The van der Waals surface area contributed by atoms with Crippen LogP contribution in [-0.4, -0.2) is 11.6 Å². The van der Waals surface area contributed by atoms with E-state index in [1.54, 1.807) is 0 Å². The summed E-state index contributed by atoms with van der Waals surface area (Å²) in [6, 6.07) is 6.43. The number of hydrogen-bond acceptors (Lipinski definition) is 2. The summed E-state index contributed by atoms with van der Waals surface area (Å²) in [5.41, 5.74) is 3.87. The number of hydrazine groups is 1. The third kappa shape index (κ3) is 2.38. The summed E-state index contributed by atoms with van der Waals surface area (Å²) in [6.45, 7) is 3.87. The van der Waals surface area contributed by atoms with E-state index in [2.05, 4.69) is 37.0 Å². The zero-order chi connectivity index (χ0) is 10.7. The highest BCUT2D eigenvalue weighted by atomic mass is 15.4. The molecule has 1 heterocycles. The molecule has 2 N–H and O–H groups in total. The summed E-state index contributed by atoms with van der Waals surface area (Å²) in [4.78, 5) is 0. The molecule has 0 atom stereocenters. The summed E-state index contributed by atoms with van der Waals surface area (Å²) in [7, 11) is 0. The smallest absolute Gasteiger partial charge is 0.0382 e. The lowest BCUT2D eigenvalue weighted by Crippen LogP contribution is -2.36. The molecule has 2 heteroatoms. The molecule has 0 saturated carbocycles. The molecule has 0 aromatic heterocycles. The van der Waals surface area contributed by atoms with E-state index in [9.17, 15) is 0 Å². The van der Waals surface area contributed by atoms with Gasteiger partial charge in [-0.1, -0.05) is 24.8 Å². The quantitative estimate of drug-likeness (QED) is 0.510. The van der Waals surface area contributed by atoms with Crippen molar-refractivity contribution in [3.05, 3.63) is 34.9 Å². The molecule has 1 aromatic carbocycles. The second-order valence-electron chi connectivity index (χ2n) is 3.86. The van der Waals surface area contributed by atoms with Crippen LogP contribution in [-0.2, 0) is 13.0 Å². The second kappa shape index (κ2) is 4.48. The number of benzene rings is 1. The highest BCUT2D eigenvalue weighted by Gasteiger charge is 2.12. The maximum Gasteiger partial charge on any atom is 0.0382 e. The second-order valence-corrected chi connectivity index (χ2v) is 3.86. The highest BCUT2D eigenvalue weighted by molar-refractivity contribution is 5.41. The van der Waals surface area contributed by atoms with Crippen molar-refractivity contribution in [2.45, 2.75) is 26.3 Å². The van der Waals surface area contributed by atoms with Crippen LogP contribution in [0.1, 0.15) is 30.0 Å². The lowest BCUT2D eigenvalue weighted by molar-refractivity contribution is 0.263. The van der Waals surface area contributed by atoms with Crippen LogP contribution in [0.5, 0.6) is 0 Å². The molecule has 2 rings (SSSR count). The van der Waals surface area contributed by atoms with Gasteiger partial charge >= 0.3 is 0 Å². The van der Waals surface area contributed by atoms with Crippen LogP contribution >= 0.6 is 0 Å². The summed E-state index contributed by atoms with van der Waals surface area (Å²) >= 11 is 0. The maximum atomic E-state index is 5.77. The van der Waals surface area contributed by atoms with Crippen molar-refractivity contribution >= 4 is 0 Å². The fraction of sp³-hybridized carbons (Fsp3) is 0.385. The predicted molar refractivity (Wildman–Crippen MR) is 61.9 cm³/mol. The monoisotopic (exact) mass is 200 g/mol. The van der Waals surface area contributed by atoms with Gasteiger partial charge in [-0.2, -0.15) is 0 Å². The van der Waals surface area contributed by atoms with Crippen LogP contribution in [0.15, 0.2) is 18.2 Å². The largest absolute Gasteiger partial charge is 0.268 e. The zero-order valence-electron chi connectivity index (χ0n) is 9.09. The van der Waals surface area contributed by atoms with Crippen LogP contribution in [0.4, 0.5) is 0 Å². The SMILES string of the molecule is CCC#Cc1ccc2c(c1)CCN(N)C2. The van der Waals surface area contributed by atoms with Gasteiger partial charge in [-0.3, -0.25) is 5.84 Å². The molecule has 0 amide bonds. The number of rotatable bonds is 0. The topological polar surface area (TPSA) is 29.3 Å². The first kappa shape index (κ1) is 10.2. The molecule has 0 bridgehead atoms. The van der Waals surface area contributed by atoms with Crippen LogP contribution in [0.2, 0.25) is 0 Å². The highest BCUT2D eigenvalue weighted by Crippen LogP contribution is 2.18.